The van der Waals surface area contributed by atoms with Crippen LogP contribution in [0.5, 0.6) is 5.75 Å². The minimum absolute atomic E-state index is 0.146. The van der Waals surface area contributed by atoms with Crippen molar-refractivity contribution in [3.8, 4) is 22.9 Å². The third-order valence-corrected chi connectivity index (χ3v) is 4.90. The van der Waals surface area contributed by atoms with Crippen LogP contribution in [0.3, 0.4) is 0 Å². The number of nitrogens with one attached hydrogen (secondary N) is 1. The summed E-state index contributed by atoms with van der Waals surface area (Å²) in [6, 6.07) is 22.6. The molecule has 0 fully saturated rings. The topological polar surface area (TPSA) is 69.3 Å². The summed E-state index contributed by atoms with van der Waals surface area (Å²) in [4.78, 5) is 13.2. The molecule has 0 aliphatic carbocycles. The average Bonchev–Trinajstić information content (AvgIpc) is 3.41. The molecule has 2 aromatic carbocycles. The second-order valence-electron chi connectivity index (χ2n) is 7.04. The molecule has 0 saturated heterocycles. The van der Waals surface area contributed by atoms with Gasteiger partial charge < -0.3 is 14.5 Å². The van der Waals surface area contributed by atoms with Gasteiger partial charge in [0.2, 0.25) is 0 Å². The first-order chi connectivity index (χ1) is 14.5. The minimum Gasteiger partial charge on any atom is -0.497 e. The van der Waals surface area contributed by atoms with Gasteiger partial charge in [0, 0.05) is 6.07 Å². The third kappa shape index (κ3) is 3.98. The maximum Gasteiger partial charge on any atom is 0.270 e. The lowest BCUT2D eigenvalue weighted by molar-refractivity contribution is 0.0932. The Morgan fingerprint density at radius 1 is 1.07 bits per heavy atom. The zero-order valence-electron chi connectivity index (χ0n) is 17.1. The van der Waals surface area contributed by atoms with Gasteiger partial charge in [0.15, 0.2) is 5.76 Å². The van der Waals surface area contributed by atoms with Crippen LogP contribution in [0.25, 0.3) is 17.1 Å². The van der Waals surface area contributed by atoms with Gasteiger partial charge in [-0.2, -0.15) is 5.10 Å². The number of amides is 1. The van der Waals surface area contributed by atoms with Crippen molar-refractivity contribution < 1.29 is 13.9 Å². The summed E-state index contributed by atoms with van der Waals surface area (Å²) in [6.45, 7) is 3.83. The summed E-state index contributed by atoms with van der Waals surface area (Å²) in [5, 5.41) is 7.70. The summed E-state index contributed by atoms with van der Waals surface area (Å²) in [6.07, 6.45) is 0. The highest BCUT2D eigenvalue weighted by Crippen LogP contribution is 2.25. The van der Waals surface area contributed by atoms with E-state index in [1.165, 1.54) is 0 Å². The first-order valence-corrected chi connectivity index (χ1v) is 9.72. The Balaban J connectivity index is 1.70. The lowest BCUT2D eigenvalue weighted by Crippen LogP contribution is -2.28. The molecular formula is C24H23N3O3. The molecule has 0 radical (unpaired) electrons. The number of aryl methyl sites for hydroxylation is 1. The van der Waals surface area contributed by atoms with E-state index < -0.39 is 0 Å². The van der Waals surface area contributed by atoms with Gasteiger partial charge in [0.1, 0.15) is 22.9 Å². The first kappa shape index (κ1) is 19.5. The van der Waals surface area contributed by atoms with Crippen LogP contribution in [-0.2, 0) is 0 Å². The van der Waals surface area contributed by atoms with Gasteiger partial charge in [0.05, 0.1) is 18.8 Å². The van der Waals surface area contributed by atoms with E-state index in [-0.39, 0.29) is 11.9 Å². The predicted molar refractivity (Wildman–Crippen MR) is 115 cm³/mol. The second-order valence-corrected chi connectivity index (χ2v) is 7.04. The lowest BCUT2D eigenvalue weighted by atomic mass is 10.1. The number of hydrogen-bond donors (Lipinski definition) is 1. The number of aromatic nitrogens is 2. The normalized spacial score (nSPS) is 11.8. The Morgan fingerprint density at radius 2 is 1.80 bits per heavy atom. The maximum atomic E-state index is 13.2. The summed E-state index contributed by atoms with van der Waals surface area (Å²) < 4.78 is 12.6. The van der Waals surface area contributed by atoms with E-state index in [9.17, 15) is 4.79 Å². The molecule has 0 bridgehead atoms. The van der Waals surface area contributed by atoms with Gasteiger partial charge in [0.25, 0.3) is 5.91 Å². The van der Waals surface area contributed by atoms with E-state index in [1.54, 1.807) is 17.9 Å². The van der Waals surface area contributed by atoms with Crippen LogP contribution >= 0.6 is 0 Å². The molecule has 0 saturated carbocycles. The number of benzene rings is 2. The van der Waals surface area contributed by atoms with Crippen LogP contribution in [0.2, 0.25) is 0 Å². The van der Waals surface area contributed by atoms with Crippen molar-refractivity contribution in [2.75, 3.05) is 7.11 Å². The van der Waals surface area contributed by atoms with Crippen molar-refractivity contribution in [2.45, 2.75) is 19.9 Å². The Kier molecular flexibility index (Phi) is 5.39. The Morgan fingerprint density at radius 3 is 2.43 bits per heavy atom. The van der Waals surface area contributed by atoms with E-state index in [0.717, 1.165) is 22.8 Å². The van der Waals surface area contributed by atoms with Crippen molar-refractivity contribution in [1.29, 1.82) is 0 Å². The van der Waals surface area contributed by atoms with Crippen LogP contribution < -0.4 is 10.1 Å². The summed E-state index contributed by atoms with van der Waals surface area (Å²) in [5.41, 5.74) is 2.80. The molecular weight excluding hydrogens is 378 g/mol. The SMILES string of the molecule is COc1ccc(-n2nc(-c3ccc(C)o3)cc2C(=O)N[C@@H](C)c2ccccc2)cc1. The number of methoxy groups -OCH3 is 1. The van der Waals surface area contributed by atoms with E-state index in [0.29, 0.717) is 17.1 Å². The Bertz CT molecular complexity index is 1140. The molecule has 4 aromatic rings. The smallest absolute Gasteiger partial charge is 0.270 e. The highest BCUT2D eigenvalue weighted by Gasteiger charge is 2.21. The molecule has 30 heavy (non-hydrogen) atoms. The quantitative estimate of drug-likeness (QED) is 0.497. The lowest BCUT2D eigenvalue weighted by Gasteiger charge is -2.15. The number of carbonyl (C=O) groups is 1. The molecule has 0 aliphatic rings. The van der Waals surface area contributed by atoms with E-state index in [1.807, 2.05) is 80.6 Å². The molecule has 2 heterocycles. The van der Waals surface area contributed by atoms with Crippen molar-refractivity contribution in [2.24, 2.45) is 0 Å². The second kappa shape index (κ2) is 8.29. The van der Waals surface area contributed by atoms with Gasteiger partial charge in [-0.25, -0.2) is 4.68 Å². The number of furan rings is 1. The average molecular weight is 401 g/mol. The number of carbonyl (C=O) groups excluding carboxylic acids is 1. The summed E-state index contributed by atoms with van der Waals surface area (Å²) in [5.74, 6) is 1.92. The van der Waals surface area contributed by atoms with E-state index in [2.05, 4.69) is 10.4 Å². The van der Waals surface area contributed by atoms with Gasteiger partial charge in [-0.15, -0.1) is 0 Å². The zero-order chi connectivity index (χ0) is 21.1. The zero-order valence-corrected chi connectivity index (χ0v) is 17.1. The van der Waals surface area contributed by atoms with Crippen molar-refractivity contribution >= 4 is 5.91 Å². The molecule has 152 valence electrons. The molecule has 0 spiro atoms. The van der Waals surface area contributed by atoms with E-state index >= 15 is 0 Å². The number of hydrogen-bond acceptors (Lipinski definition) is 4. The van der Waals surface area contributed by atoms with E-state index in [4.69, 9.17) is 9.15 Å². The summed E-state index contributed by atoms with van der Waals surface area (Å²) >= 11 is 0. The van der Waals surface area contributed by atoms with Crippen LogP contribution in [0.15, 0.2) is 77.2 Å². The van der Waals surface area contributed by atoms with Crippen LogP contribution in [-0.4, -0.2) is 22.8 Å². The monoisotopic (exact) mass is 401 g/mol. The van der Waals surface area contributed by atoms with Crippen LogP contribution in [0.1, 0.15) is 34.8 Å². The van der Waals surface area contributed by atoms with Crippen LogP contribution in [0.4, 0.5) is 0 Å². The van der Waals surface area contributed by atoms with Gasteiger partial charge in [-0.05, 0) is 55.8 Å². The molecule has 1 amide bonds. The predicted octanol–water partition coefficient (Wildman–Crippen LogP) is 4.94. The fourth-order valence-electron chi connectivity index (χ4n) is 3.25. The third-order valence-electron chi connectivity index (χ3n) is 4.90. The molecule has 1 atom stereocenters. The highest BCUT2D eigenvalue weighted by atomic mass is 16.5. The molecule has 6 heteroatoms. The highest BCUT2D eigenvalue weighted by molar-refractivity contribution is 5.94. The molecule has 2 aromatic heterocycles. The Hall–Kier alpha value is -3.80. The van der Waals surface area contributed by atoms with Crippen LogP contribution in [0, 0.1) is 6.92 Å². The molecule has 0 unspecified atom stereocenters. The van der Waals surface area contributed by atoms with Gasteiger partial charge >= 0.3 is 0 Å². The number of ether oxygens (including phenoxy) is 1. The van der Waals surface area contributed by atoms with Gasteiger partial charge in [-0.3, -0.25) is 4.79 Å². The van der Waals surface area contributed by atoms with Crippen molar-refractivity contribution in [1.82, 2.24) is 15.1 Å². The largest absolute Gasteiger partial charge is 0.497 e. The maximum absolute atomic E-state index is 13.2. The molecule has 0 aliphatic heterocycles. The standard InChI is InChI=1S/C24H23N3O3/c1-16-9-14-23(30-16)21-15-22(24(28)25-17(2)18-7-5-4-6-8-18)27(26-21)19-10-12-20(29-3)13-11-19/h4-15,17H,1-3H3,(H,25,28)/t17-/m0/s1. The Labute approximate surface area is 175 Å². The molecule has 4 rings (SSSR count). The van der Waals surface area contributed by atoms with Crippen molar-refractivity contribution in [3.05, 3.63) is 89.8 Å². The molecule has 1 N–H and O–H groups in total. The van der Waals surface area contributed by atoms with Crippen molar-refractivity contribution in [3.63, 3.8) is 0 Å². The molecule has 6 nitrogen and oxygen atoms in total. The first-order valence-electron chi connectivity index (χ1n) is 9.72. The minimum atomic E-state index is -0.218. The number of rotatable bonds is 6. The van der Waals surface area contributed by atoms with Gasteiger partial charge in [-0.1, -0.05) is 30.3 Å². The fourth-order valence-corrected chi connectivity index (χ4v) is 3.25. The summed E-state index contributed by atoms with van der Waals surface area (Å²) in [7, 11) is 1.62. The number of nitrogens with zero attached hydrogens (tertiary/aromatic N) is 2. The fraction of sp³-hybridized carbons (Fsp3) is 0.167.